The molecule has 0 unspecified atom stereocenters. The van der Waals surface area contributed by atoms with Crippen LogP contribution in [0.1, 0.15) is 42.2 Å². The van der Waals surface area contributed by atoms with E-state index in [2.05, 4.69) is 15.3 Å². The molecular formula is C24H23F3N4O. The van der Waals surface area contributed by atoms with Gasteiger partial charge in [-0.1, -0.05) is 13.8 Å². The van der Waals surface area contributed by atoms with Gasteiger partial charge in [-0.3, -0.25) is 14.8 Å². The predicted molar refractivity (Wildman–Crippen MR) is 118 cm³/mol. The number of amides is 1. The van der Waals surface area contributed by atoms with Crippen LogP contribution >= 0.6 is 0 Å². The first kappa shape index (κ1) is 21.8. The number of carbonyl (C=O) groups excluding carboxylic acids is 1. The van der Waals surface area contributed by atoms with E-state index in [4.69, 9.17) is 0 Å². The van der Waals surface area contributed by atoms with Crippen molar-refractivity contribution in [2.75, 3.05) is 23.3 Å². The van der Waals surface area contributed by atoms with Crippen LogP contribution in [0.15, 0.2) is 48.9 Å². The van der Waals surface area contributed by atoms with Crippen LogP contribution in [-0.4, -0.2) is 35.1 Å². The SMILES string of the molecule is CC(C)c1ccc(NC(=O)c2c(-c3cc(F)ccc3F)cncc2N2CC[C@H](F)C2)cn1. The highest BCUT2D eigenvalue weighted by Gasteiger charge is 2.29. The van der Waals surface area contributed by atoms with Crippen LogP contribution in [0.4, 0.5) is 24.5 Å². The second-order valence-corrected chi connectivity index (χ2v) is 8.12. The van der Waals surface area contributed by atoms with E-state index in [0.29, 0.717) is 24.3 Å². The first-order valence-electron chi connectivity index (χ1n) is 10.4. The summed E-state index contributed by atoms with van der Waals surface area (Å²) in [6.07, 6.45) is 3.60. The highest BCUT2D eigenvalue weighted by atomic mass is 19.1. The fourth-order valence-corrected chi connectivity index (χ4v) is 3.79. The molecule has 5 nitrogen and oxygen atoms in total. The third-order valence-electron chi connectivity index (χ3n) is 5.48. The second-order valence-electron chi connectivity index (χ2n) is 8.12. The molecule has 1 aromatic carbocycles. The van der Waals surface area contributed by atoms with Crippen LogP contribution in [0.3, 0.4) is 0 Å². The number of nitrogens with one attached hydrogen (secondary N) is 1. The van der Waals surface area contributed by atoms with Crippen LogP contribution in [0.2, 0.25) is 0 Å². The number of hydrogen-bond donors (Lipinski definition) is 1. The average molecular weight is 440 g/mol. The number of nitrogens with zero attached hydrogens (tertiary/aromatic N) is 3. The molecule has 1 amide bonds. The molecule has 3 aromatic rings. The van der Waals surface area contributed by atoms with E-state index in [1.807, 2.05) is 19.9 Å². The average Bonchev–Trinajstić information content (AvgIpc) is 3.21. The minimum atomic E-state index is -1.03. The molecule has 3 heterocycles. The van der Waals surface area contributed by atoms with Crippen molar-refractivity contribution in [3.63, 3.8) is 0 Å². The molecular weight excluding hydrogens is 417 g/mol. The molecule has 1 N–H and O–H groups in total. The lowest BCUT2D eigenvalue weighted by molar-refractivity contribution is 0.102. The van der Waals surface area contributed by atoms with E-state index >= 15 is 0 Å². The summed E-state index contributed by atoms with van der Waals surface area (Å²) in [6.45, 7) is 4.51. The van der Waals surface area contributed by atoms with Gasteiger partial charge in [-0.2, -0.15) is 0 Å². The lowest BCUT2D eigenvalue weighted by Crippen LogP contribution is -2.25. The van der Waals surface area contributed by atoms with E-state index in [1.165, 1.54) is 12.4 Å². The molecule has 1 fully saturated rings. The number of benzene rings is 1. The zero-order valence-electron chi connectivity index (χ0n) is 17.8. The first-order valence-corrected chi connectivity index (χ1v) is 10.4. The number of carbonyl (C=O) groups is 1. The molecule has 1 aliphatic heterocycles. The van der Waals surface area contributed by atoms with E-state index < -0.39 is 23.7 Å². The fourth-order valence-electron chi connectivity index (χ4n) is 3.79. The molecule has 0 spiro atoms. The Labute approximate surface area is 184 Å². The van der Waals surface area contributed by atoms with Crippen molar-refractivity contribution in [3.05, 3.63) is 71.8 Å². The van der Waals surface area contributed by atoms with Crippen molar-refractivity contribution in [1.82, 2.24) is 9.97 Å². The van der Waals surface area contributed by atoms with Gasteiger partial charge in [0.1, 0.15) is 17.8 Å². The Hall–Kier alpha value is -3.42. The summed E-state index contributed by atoms with van der Waals surface area (Å²) in [6, 6.07) is 6.58. The molecule has 8 heteroatoms. The molecule has 0 saturated carbocycles. The Morgan fingerprint density at radius 2 is 1.94 bits per heavy atom. The zero-order chi connectivity index (χ0) is 22.8. The van der Waals surface area contributed by atoms with E-state index in [9.17, 15) is 18.0 Å². The smallest absolute Gasteiger partial charge is 0.258 e. The third-order valence-corrected chi connectivity index (χ3v) is 5.48. The Balaban J connectivity index is 1.78. The molecule has 1 atom stereocenters. The summed E-state index contributed by atoms with van der Waals surface area (Å²) in [4.78, 5) is 23.6. The van der Waals surface area contributed by atoms with E-state index in [1.54, 1.807) is 17.2 Å². The van der Waals surface area contributed by atoms with Crippen LogP contribution < -0.4 is 10.2 Å². The summed E-state index contributed by atoms with van der Waals surface area (Å²) in [5, 5.41) is 2.78. The molecule has 0 bridgehead atoms. The van der Waals surface area contributed by atoms with Crippen molar-refractivity contribution in [3.8, 4) is 11.1 Å². The topological polar surface area (TPSA) is 58.1 Å². The van der Waals surface area contributed by atoms with Crippen LogP contribution in [0.5, 0.6) is 0 Å². The summed E-state index contributed by atoms with van der Waals surface area (Å²) in [5.74, 6) is -1.64. The van der Waals surface area contributed by atoms with Crippen LogP contribution in [-0.2, 0) is 0 Å². The maximum Gasteiger partial charge on any atom is 0.258 e. The minimum Gasteiger partial charge on any atom is -0.367 e. The number of hydrogen-bond acceptors (Lipinski definition) is 4. The Bertz CT molecular complexity index is 1130. The Kier molecular flexibility index (Phi) is 6.12. The molecule has 0 aliphatic carbocycles. The highest BCUT2D eigenvalue weighted by molar-refractivity contribution is 6.12. The van der Waals surface area contributed by atoms with Gasteiger partial charge in [0.25, 0.3) is 5.91 Å². The molecule has 166 valence electrons. The summed E-state index contributed by atoms with van der Waals surface area (Å²) in [7, 11) is 0. The normalized spacial score (nSPS) is 15.9. The van der Waals surface area contributed by atoms with Crippen molar-refractivity contribution in [2.45, 2.75) is 32.4 Å². The summed E-state index contributed by atoms with van der Waals surface area (Å²) in [5.41, 5.74) is 1.85. The number of alkyl halides is 1. The predicted octanol–water partition coefficient (Wildman–Crippen LogP) is 5.35. The van der Waals surface area contributed by atoms with Gasteiger partial charge in [-0.25, -0.2) is 13.2 Å². The molecule has 0 radical (unpaired) electrons. The van der Waals surface area contributed by atoms with Gasteiger partial charge in [-0.05, 0) is 42.7 Å². The second kappa shape index (κ2) is 8.98. The summed E-state index contributed by atoms with van der Waals surface area (Å²) < 4.78 is 42.4. The summed E-state index contributed by atoms with van der Waals surface area (Å²) >= 11 is 0. The van der Waals surface area contributed by atoms with E-state index in [0.717, 1.165) is 23.9 Å². The molecule has 32 heavy (non-hydrogen) atoms. The fraction of sp³-hybridized carbons (Fsp3) is 0.292. The van der Waals surface area contributed by atoms with Crippen molar-refractivity contribution < 1.29 is 18.0 Å². The van der Waals surface area contributed by atoms with Gasteiger partial charge < -0.3 is 10.2 Å². The number of anilines is 2. The molecule has 2 aromatic heterocycles. The third kappa shape index (κ3) is 4.44. The zero-order valence-corrected chi connectivity index (χ0v) is 17.8. The number of aromatic nitrogens is 2. The number of halogens is 3. The number of rotatable bonds is 5. The molecule has 1 saturated heterocycles. The monoisotopic (exact) mass is 440 g/mol. The lowest BCUT2D eigenvalue weighted by Gasteiger charge is -2.23. The minimum absolute atomic E-state index is 0.0891. The van der Waals surface area contributed by atoms with Crippen LogP contribution in [0.25, 0.3) is 11.1 Å². The Morgan fingerprint density at radius 3 is 2.59 bits per heavy atom. The highest BCUT2D eigenvalue weighted by Crippen LogP contribution is 2.35. The van der Waals surface area contributed by atoms with Gasteiger partial charge in [0.2, 0.25) is 0 Å². The standard InChI is InChI=1S/C24H23F3N4O/c1-14(2)21-6-4-17(10-29-21)30-24(32)23-19(18-9-15(25)3-5-20(18)27)11-28-12-22(23)31-8-7-16(26)13-31/h3-6,9-12,14,16H,7-8,13H2,1-2H3,(H,30,32)/t16-/m0/s1. The maximum absolute atomic E-state index is 14.6. The van der Waals surface area contributed by atoms with Crippen molar-refractivity contribution >= 4 is 17.3 Å². The maximum atomic E-state index is 14.6. The van der Waals surface area contributed by atoms with Crippen molar-refractivity contribution in [1.29, 1.82) is 0 Å². The lowest BCUT2D eigenvalue weighted by atomic mass is 9.98. The molecule has 4 rings (SSSR count). The first-order chi connectivity index (χ1) is 15.3. The van der Waals surface area contributed by atoms with Gasteiger partial charge in [-0.15, -0.1) is 0 Å². The van der Waals surface area contributed by atoms with Gasteiger partial charge in [0, 0.05) is 36.1 Å². The van der Waals surface area contributed by atoms with E-state index in [-0.39, 0.29) is 29.2 Å². The number of pyridine rings is 2. The Morgan fingerprint density at radius 1 is 1.12 bits per heavy atom. The van der Waals surface area contributed by atoms with Gasteiger partial charge in [0.05, 0.1) is 29.3 Å². The molecule has 1 aliphatic rings. The quantitative estimate of drug-likeness (QED) is 0.581. The van der Waals surface area contributed by atoms with Crippen molar-refractivity contribution in [2.24, 2.45) is 0 Å². The largest absolute Gasteiger partial charge is 0.367 e. The van der Waals surface area contributed by atoms with Crippen LogP contribution in [0, 0.1) is 11.6 Å². The van der Waals surface area contributed by atoms with Gasteiger partial charge in [0.15, 0.2) is 0 Å². The van der Waals surface area contributed by atoms with Gasteiger partial charge >= 0.3 is 0 Å².